The summed E-state index contributed by atoms with van der Waals surface area (Å²) in [5, 5.41) is 20.8. The quantitative estimate of drug-likeness (QED) is 0.231. The van der Waals surface area contributed by atoms with E-state index < -0.39 is 12.1 Å². The molecule has 1 amide bonds. The van der Waals surface area contributed by atoms with Crippen LogP contribution < -0.4 is 10.6 Å². The van der Waals surface area contributed by atoms with E-state index in [-0.39, 0.29) is 25.1 Å². The second-order valence-electron chi connectivity index (χ2n) is 8.46. The summed E-state index contributed by atoms with van der Waals surface area (Å²) in [5.74, 6) is 0.0362. The van der Waals surface area contributed by atoms with Crippen LogP contribution in [0, 0.1) is 0 Å². The summed E-state index contributed by atoms with van der Waals surface area (Å²) in [7, 11) is 2.59. The van der Waals surface area contributed by atoms with Crippen molar-refractivity contribution in [2.75, 3.05) is 31.5 Å². The number of hydrogen-bond donors (Lipinski definition) is 3. The normalized spacial score (nSPS) is 11.9. The molecular formula is C25H28BrN7O5. The Labute approximate surface area is 226 Å². The van der Waals surface area contributed by atoms with Crippen molar-refractivity contribution in [2.24, 2.45) is 0 Å². The first-order valence-corrected chi connectivity index (χ1v) is 12.8. The van der Waals surface area contributed by atoms with Gasteiger partial charge < -0.3 is 19.9 Å². The van der Waals surface area contributed by atoms with Crippen LogP contribution in [0.15, 0.2) is 35.1 Å². The van der Waals surface area contributed by atoms with E-state index in [2.05, 4.69) is 53.5 Å². The Morgan fingerprint density at radius 1 is 1.13 bits per heavy atom. The van der Waals surface area contributed by atoms with Crippen LogP contribution in [-0.4, -0.2) is 68.8 Å². The molecule has 3 N–H and O–H groups in total. The van der Waals surface area contributed by atoms with Gasteiger partial charge in [0.15, 0.2) is 10.4 Å². The lowest BCUT2D eigenvalue weighted by Crippen LogP contribution is -2.23. The highest BCUT2D eigenvalue weighted by atomic mass is 79.9. The number of ether oxygens (including phenoxy) is 2. The first-order chi connectivity index (χ1) is 18.4. The van der Waals surface area contributed by atoms with Crippen LogP contribution in [0.5, 0.6) is 0 Å². The number of esters is 1. The number of aliphatic hydroxyl groups excluding tert-OH is 1. The fourth-order valence-corrected chi connectivity index (χ4v) is 4.72. The Morgan fingerprint density at radius 2 is 1.95 bits per heavy atom. The smallest absolute Gasteiger partial charge is 0.413 e. The predicted molar refractivity (Wildman–Crippen MR) is 145 cm³/mol. The number of rotatable bonds is 10. The molecule has 1 aromatic carbocycles. The molecule has 12 nitrogen and oxygen atoms in total. The molecule has 3 aromatic heterocycles. The maximum Gasteiger partial charge on any atom is 0.413 e. The third kappa shape index (κ3) is 5.68. The van der Waals surface area contributed by atoms with Gasteiger partial charge in [-0.3, -0.25) is 15.0 Å². The number of nitrogens with zero attached hydrogens (tertiary/aromatic N) is 5. The van der Waals surface area contributed by atoms with Crippen molar-refractivity contribution in [1.29, 1.82) is 0 Å². The predicted octanol–water partition coefficient (Wildman–Crippen LogP) is 4.11. The molecule has 0 aliphatic carbocycles. The standard InChI is InChI=1S/C25H28BrN7O5/c1-4-6-15(10-12-34)28-22-20-19(29-24(30-22)31-25(36)38-3)21(26)32-33(20)13-14-8-9-17(23(35)37-2)16-7-5-11-27-18(14)16/h5,7-9,11,15,34H,4,6,10,12-13H2,1-3H3,(H2,28,29,30,31,36)/t15-/m0/s1. The number of aromatic nitrogens is 5. The van der Waals surface area contributed by atoms with Crippen LogP contribution in [0.1, 0.15) is 42.1 Å². The molecule has 38 heavy (non-hydrogen) atoms. The molecule has 4 aromatic rings. The van der Waals surface area contributed by atoms with E-state index in [1.165, 1.54) is 14.2 Å². The Balaban J connectivity index is 1.85. The molecule has 13 heteroatoms. The Hall–Kier alpha value is -3.84. The number of amides is 1. The van der Waals surface area contributed by atoms with Gasteiger partial charge in [-0.25, -0.2) is 14.6 Å². The van der Waals surface area contributed by atoms with Crippen LogP contribution in [-0.2, 0) is 16.0 Å². The number of hydrogen-bond acceptors (Lipinski definition) is 10. The number of fused-ring (bicyclic) bond motifs is 2. The van der Waals surface area contributed by atoms with Gasteiger partial charge in [-0.1, -0.05) is 25.5 Å². The number of pyridine rings is 1. The van der Waals surface area contributed by atoms with Crippen molar-refractivity contribution >= 4 is 61.7 Å². The lowest BCUT2D eigenvalue weighted by Gasteiger charge is -2.19. The second kappa shape index (κ2) is 12.1. The van der Waals surface area contributed by atoms with E-state index in [0.717, 1.165) is 18.4 Å². The molecule has 0 aliphatic rings. The number of anilines is 2. The molecular weight excluding hydrogens is 558 g/mol. The maximum atomic E-state index is 12.3. The summed E-state index contributed by atoms with van der Waals surface area (Å²) in [4.78, 5) is 37.7. The minimum absolute atomic E-state index is 0.00627. The number of halogens is 1. The lowest BCUT2D eigenvalue weighted by molar-refractivity contribution is 0.0603. The Kier molecular flexibility index (Phi) is 8.69. The minimum Gasteiger partial charge on any atom is -0.465 e. The van der Waals surface area contributed by atoms with Crippen LogP contribution in [0.4, 0.5) is 16.6 Å². The molecule has 0 saturated carbocycles. The van der Waals surface area contributed by atoms with Crippen molar-refractivity contribution in [3.63, 3.8) is 0 Å². The second-order valence-corrected chi connectivity index (χ2v) is 9.21. The summed E-state index contributed by atoms with van der Waals surface area (Å²) in [5.41, 5.74) is 2.93. The molecule has 4 rings (SSSR count). The van der Waals surface area contributed by atoms with E-state index in [1.807, 2.05) is 12.1 Å². The van der Waals surface area contributed by atoms with Crippen LogP contribution in [0.25, 0.3) is 21.9 Å². The van der Waals surface area contributed by atoms with Gasteiger partial charge in [0.2, 0.25) is 5.95 Å². The van der Waals surface area contributed by atoms with Crippen molar-refractivity contribution in [3.05, 3.63) is 46.2 Å². The number of nitrogens with one attached hydrogen (secondary N) is 2. The number of benzene rings is 1. The summed E-state index contributed by atoms with van der Waals surface area (Å²) >= 11 is 3.49. The molecule has 3 heterocycles. The van der Waals surface area contributed by atoms with E-state index >= 15 is 0 Å². The van der Waals surface area contributed by atoms with Gasteiger partial charge >= 0.3 is 12.1 Å². The average molecular weight is 586 g/mol. The van der Waals surface area contributed by atoms with Crippen molar-refractivity contribution in [2.45, 2.75) is 38.8 Å². The summed E-state index contributed by atoms with van der Waals surface area (Å²) in [6, 6.07) is 7.03. The third-order valence-corrected chi connectivity index (χ3v) is 6.51. The van der Waals surface area contributed by atoms with Crippen molar-refractivity contribution in [3.8, 4) is 0 Å². The molecule has 0 radical (unpaired) electrons. The van der Waals surface area contributed by atoms with Crippen molar-refractivity contribution < 1.29 is 24.2 Å². The van der Waals surface area contributed by atoms with Gasteiger partial charge in [-0.2, -0.15) is 10.1 Å². The first kappa shape index (κ1) is 27.2. The zero-order chi connectivity index (χ0) is 27.2. The summed E-state index contributed by atoms with van der Waals surface area (Å²) in [6.07, 6.45) is 3.16. The number of carbonyl (C=O) groups excluding carboxylic acids is 2. The highest BCUT2D eigenvalue weighted by Crippen LogP contribution is 2.31. The van der Waals surface area contributed by atoms with Gasteiger partial charge in [0, 0.05) is 24.2 Å². The van der Waals surface area contributed by atoms with E-state index in [0.29, 0.717) is 44.3 Å². The summed E-state index contributed by atoms with van der Waals surface area (Å²) in [6.45, 7) is 2.35. The van der Waals surface area contributed by atoms with Gasteiger partial charge in [0.1, 0.15) is 11.0 Å². The zero-order valence-corrected chi connectivity index (χ0v) is 22.8. The van der Waals surface area contributed by atoms with Crippen LogP contribution in [0.3, 0.4) is 0 Å². The average Bonchev–Trinajstić information content (AvgIpc) is 3.23. The van der Waals surface area contributed by atoms with E-state index in [4.69, 9.17) is 9.47 Å². The molecule has 0 spiro atoms. The van der Waals surface area contributed by atoms with E-state index in [9.17, 15) is 14.7 Å². The number of aliphatic hydroxyl groups is 1. The lowest BCUT2D eigenvalue weighted by atomic mass is 10.0. The van der Waals surface area contributed by atoms with Gasteiger partial charge in [0.05, 0.1) is 31.8 Å². The Bertz CT molecular complexity index is 1470. The molecule has 0 saturated heterocycles. The number of carbonyl (C=O) groups is 2. The van der Waals surface area contributed by atoms with E-state index in [1.54, 1.807) is 23.0 Å². The highest BCUT2D eigenvalue weighted by molar-refractivity contribution is 9.10. The third-order valence-electron chi connectivity index (χ3n) is 5.98. The maximum absolute atomic E-state index is 12.3. The molecule has 0 fully saturated rings. The first-order valence-electron chi connectivity index (χ1n) is 12.0. The van der Waals surface area contributed by atoms with Crippen LogP contribution in [0.2, 0.25) is 0 Å². The molecule has 200 valence electrons. The largest absolute Gasteiger partial charge is 0.465 e. The highest BCUT2D eigenvalue weighted by Gasteiger charge is 2.22. The van der Waals surface area contributed by atoms with Gasteiger partial charge in [-0.15, -0.1) is 0 Å². The fourth-order valence-electron chi connectivity index (χ4n) is 4.25. The topological polar surface area (TPSA) is 153 Å². The SMILES string of the molecule is CCC[C@@H](CCO)Nc1nc(NC(=O)OC)nc2c(Br)nn(Cc3ccc(C(=O)OC)c4cccnc34)c12. The fraction of sp³-hybridized carbons (Fsp3) is 0.360. The molecule has 0 unspecified atom stereocenters. The summed E-state index contributed by atoms with van der Waals surface area (Å²) < 4.78 is 11.8. The van der Waals surface area contributed by atoms with Crippen molar-refractivity contribution in [1.82, 2.24) is 24.7 Å². The minimum atomic E-state index is -0.706. The van der Waals surface area contributed by atoms with Gasteiger partial charge in [-0.05, 0) is 46.5 Å². The van der Waals surface area contributed by atoms with Gasteiger partial charge in [0.25, 0.3) is 0 Å². The van der Waals surface area contributed by atoms with Crippen LogP contribution >= 0.6 is 15.9 Å². The molecule has 1 atom stereocenters. The molecule has 0 aliphatic heterocycles. The Morgan fingerprint density at radius 3 is 2.66 bits per heavy atom. The number of methoxy groups -OCH3 is 2. The molecule has 0 bridgehead atoms. The zero-order valence-electron chi connectivity index (χ0n) is 21.2. The monoisotopic (exact) mass is 585 g/mol.